The Balaban J connectivity index is 1.49. The number of carbonyl (C=O) groups is 2. The third-order valence-electron chi connectivity index (χ3n) is 5.27. The number of hydrogen-bond donors (Lipinski definition) is 2. The molecule has 8 nitrogen and oxygen atoms in total. The Kier molecular flexibility index (Phi) is 4.77. The number of nitrogens with zero attached hydrogens (tertiary/aromatic N) is 4. The van der Waals surface area contributed by atoms with Crippen LogP contribution in [-0.2, 0) is 16.6 Å². The molecule has 144 valence electrons. The minimum Gasteiger partial charge on any atom is -0.481 e. The molecule has 2 N–H and O–H groups in total. The molecule has 3 aromatic rings. The van der Waals surface area contributed by atoms with Crippen molar-refractivity contribution in [1.29, 1.82) is 0 Å². The minimum atomic E-state index is -0.773. The summed E-state index contributed by atoms with van der Waals surface area (Å²) in [4.78, 5) is 32.6. The number of aryl methyl sites for hydroxylation is 1. The lowest BCUT2D eigenvalue weighted by Gasteiger charge is -2.25. The largest absolute Gasteiger partial charge is 0.481 e. The summed E-state index contributed by atoms with van der Waals surface area (Å²) < 4.78 is 1.72. The van der Waals surface area contributed by atoms with Gasteiger partial charge in [0.25, 0.3) is 0 Å². The highest BCUT2D eigenvalue weighted by molar-refractivity contribution is 5.93. The zero-order valence-electron chi connectivity index (χ0n) is 15.5. The number of aliphatic carboxylic acids is 1. The van der Waals surface area contributed by atoms with Gasteiger partial charge in [-0.15, -0.1) is 0 Å². The van der Waals surface area contributed by atoms with E-state index < -0.39 is 5.97 Å². The molecule has 1 aliphatic rings. The lowest BCUT2D eigenvalue weighted by Crippen LogP contribution is -2.29. The molecule has 1 amide bonds. The van der Waals surface area contributed by atoms with Crippen LogP contribution < -0.4 is 5.32 Å². The molecule has 8 heteroatoms. The predicted molar refractivity (Wildman–Crippen MR) is 103 cm³/mol. The Hall–Kier alpha value is -3.29. The molecule has 3 aromatic heterocycles. The fraction of sp³-hybridized carbons (Fsp3) is 0.350. The molecular weight excluding hydrogens is 358 g/mol. The summed E-state index contributed by atoms with van der Waals surface area (Å²) in [6.07, 6.45) is 7.58. The van der Waals surface area contributed by atoms with Gasteiger partial charge in [0.05, 0.1) is 23.3 Å². The number of anilines is 1. The van der Waals surface area contributed by atoms with Crippen LogP contribution in [0.2, 0.25) is 0 Å². The van der Waals surface area contributed by atoms with Crippen LogP contribution in [0.5, 0.6) is 0 Å². The van der Waals surface area contributed by atoms with Crippen LogP contribution in [0.1, 0.15) is 25.7 Å². The van der Waals surface area contributed by atoms with Gasteiger partial charge in [0.15, 0.2) is 0 Å². The average Bonchev–Trinajstić information content (AvgIpc) is 3.14. The van der Waals surface area contributed by atoms with Gasteiger partial charge in [-0.25, -0.2) is 9.97 Å². The van der Waals surface area contributed by atoms with Crippen LogP contribution in [-0.4, -0.2) is 36.7 Å². The first-order chi connectivity index (χ1) is 13.5. The van der Waals surface area contributed by atoms with Crippen LogP contribution in [0, 0.1) is 11.8 Å². The van der Waals surface area contributed by atoms with E-state index in [4.69, 9.17) is 5.11 Å². The molecule has 4 rings (SSSR count). The van der Waals surface area contributed by atoms with Crippen molar-refractivity contribution in [3.63, 3.8) is 0 Å². The van der Waals surface area contributed by atoms with Crippen LogP contribution in [0.15, 0.2) is 36.8 Å². The summed E-state index contributed by atoms with van der Waals surface area (Å²) in [6.45, 7) is 0. The number of nitrogens with one attached hydrogen (secondary N) is 1. The van der Waals surface area contributed by atoms with E-state index in [1.807, 2.05) is 25.4 Å². The standard InChI is InChI=1S/C20H21N5O3/c1-25-11-15(10-22-25)16-7-6-14-9-21-18(8-17(14)23-16)24-19(26)12-2-4-13(5-3-12)20(27)28/h6-13H,2-5H2,1H3,(H,27,28)(H,21,24,26). The molecule has 0 radical (unpaired) electrons. The van der Waals surface area contributed by atoms with Gasteiger partial charge >= 0.3 is 5.97 Å². The number of pyridine rings is 2. The monoisotopic (exact) mass is 379 g/mol. The van der Waals surface area contributed by atoms with Gasteiger partial charge in [0.2, 0.25) is 5.91 Å². The smallest absolute Gasteiger partial charge is 0.306 e. The maximum Gasteiger partial charge on any atom is 0.306 e. The molecule has 0 spiro atoms. The van der Waals surface area contributed by atoms with Crippen LogP contribution in [0.4, 0.5) is 5.82 Å². The van der Waals surface area contributed by atoms with Crippen molar-refractivity contribution < 1.29 is 14.7 Å². The third-order valence-corrected chi connectivity index (χ3v) is 5.27. The maximum absolute atomic E-state index is 12.5. The van der Waals surface area contributed by atoms with E-state index >= 15 is 0 Å². The second kappa shape index (κ2) is 7.38. The first-order valence-corrected chi connectivity index (χ1v) is 9.29. The molecule has 3 heterocycles. The number of amides is 1. The number of hydrogen-bond acceptors (Lipinski definition) is 5. The maximum atomic E-state index is 12.5. The molecule has 0 saturated heterocycles. The Bertz CT molecular complexity index is 1040. The van der Waals surface area contributed by atoms with Crippen LogP contribution in [0.25, 0.3) is 22.2 Å². The van der Waals surface area contributed by atoms with E-state index in [0.29, 0.717) is 31.5 Å². The van der Waals surface area contributed by atoms with Crippen molar-refractivity contribution >= 4 is 28.6 Å². The molecule has 0 aliphatic heterocycles. The minimum absolute atomic E-state index is 0.112. The molecular formula is C20H21N5O3. The van der Waals surface area contributed by atoms with Crippen molar-refractivity contribution in [2.24, 2.45) is 18.9 Å². The third kappa shape index (κ3) is 3.71. The lowest BCUT2D eigenvalue weighted by atomic mass is 9.81. The summed E-state index contributed by atoms with van der Waals surface area (Å²) in [7, 11) is 1.85. The summed E-state index contributed by atoms with van der Waals surface area (Å²) in [5, 5.41) is 17.0. The van der Waals surface area contributed by atoms with E-state index in [2.05, 4.69) is 20.4 Å². The summed E-state index contributed by atoms with van der Waals surface area (Å²) in [5.41, 5.74) is 2.46. The van der Waals surface area contributed by atoms with Crippen LogP contribution in [0.3, 0.4) is 0 Å². The Morgan fingerprint density at radius 3 is 2.57 bits per heavy atom. The van der Waals surface area contributed by atoms with Crippen molar-refractivity contribution in [2.45, 2.75) is 25.7 Å². The van der Waals surface area contributed by atoms with Gasteiger partial charge in [-0.2, -0.15) is 5.10 Å². The van der Waals surface area contributed by atoms with Gasteiger partial charge in [-0.1, -0.05) is 0 Å². The van der Waals surface area contributed by atoms with Crippen molar-refractivity contribution in [1.82, 2.24) is 19.7 Å². The Morgan fingerprint density at radius 2 is 1.89 bits per heavy atom. The van der Waals surface area contributed by atoms with Crippen LogP contribution >= 0.6 is 0 Å². The number of carboxylic acid groups (broad SMARTS) is 1. The first-order valence-electron chi connectivity index (χ1n) is 9.29. The van der Waals surface area contributed by atoms with E-state index in [9.17, 15) is 9.59 Å². The van der Waals surface area contributed by atoms with E-state index in [1.165, 1.54) is 0 Å². The normalized spacial score (nSPS) is 19.5. The molecule has 1 aliphatic carbocycles. The van der Waals surface area contributed by atoms with E-state index in [-0.39, 0.29) is 17.7 Å². The van der Waals surface area contributed by atoms with Crippen molar-refractivity contribution in [3.8, 4) is 11.3 Å². The molecule has 0 unspecified atom stereocenters. The summed E-state index contributed by atoms with van der Waals surface area (Å²) in [6, 6.07) is 5.62. The highest BCUT2D eigenvalue weighted by atomic mass is 16.4. The molecule has 1 saturated carbocycles. The number of rotatable bonds is 4. The number of aromatic nitrogens is 4. The van der Waals surface area contributed by atoms with Gasteiger partial charge in [0, 0.05) is 42.4 Å². The average molecular weight is 379 g/mol. The first kappa shape index (κ1) is 18.1. The quantitative estimate of drug-likeness (QED) is 0.721. The molecule has 0 atom stereocenters. The van der Waals surface area contributed by atoms with Gasteiger partial charge in [-0.3, -0.25) is 14.3 Å². The fourth-order valence-corrected chi connectivity index (χ4v) is 3.63. The van der Waals surface area contributed by atoms with Gasteiger partial charge < -0.3 is 10.4 Å². The number of carboxylic acids is 1. The second-order valence-electron chi connectivity index (χ2n) is 7.24. The Labute approximate surface area is 161 Å². The summed E-state index contributed by atoms with van der Waals surface area (Å²) >= 11 is 0. The highest BCUT2D eigenvalue weighted by Crippen LogP contribution is 2.30. The second-order valence-corrected chi connectivity index (χ2v) is 7.24. The van der Waals surface area contributed by atoms with Gasteiger partial charge in [0.1, 0.15) is 5.82 Å². The summed E-state index contributed by atoms with van der Waals surface area (Å²) in [5.74, 6) is -0.945. The van der Waals surface area contributed by atoms with E-state index in [0.717, 1.165) is 22.2 Å². The van der Waals surface area contributed by atoms with E-state index in [1.54, 1.807) is 23.1 Å². The molecule has 28 heavy (non-hydrogen) atoms. The predicted octanol–water partition coefficient (Wildman–Crippen LogP) is 2.86. The lowest BCUT2D eigenvalue weighted by molar-refractivity contribution is -0.143. The van der Waals surface area contributed by atoms with Gasteiger partial charge in [-0.05, 0) is 37.8 Å². The molecule has 1 fully saturated rings. The zero-order chi connectivity index (χ0) is 19.7. The topological polar surface area (TPSA) is 110 Å². The number of fused-ring (bicyclic) bond motifs is 1. The van der Waals surface area contributed by atoms with Crippen molar-refractivity contribution in [2.75, 3.05) is 5.32 Å². The fourth-order valence-electron chi connectivity index (χ4n) is 3.63. The molecule has 0 bridgehead atoms. The SMILES string of the molecule is Cn1cc(-c2ccc3cnc(NC(=O)C4CCC(C(=O)O)CC4)cc3n2)cn1. The highest BCUT2D eigenvalue weighted by Gasteiger charge is 2.29. The Morgan fingerprint density at radius 1 is 1.14 bits per heavy atom. The van der Waals surface area contributed by atoms with Crippen molar-refractivity contribution in [3.05, 3.63) is 36.8 Å². The number of carbonyl (C=O) groups excluding carboxylic acids is 1. The molecule has 0 aromatic carbocycles. The zero-order valence-corrected chi connectivity index (χ0v) is 15.5.